The van der Waals surface area contributed by atoms with Crippen LogP contribution < -0.4 is 0 Å². The third-order valence-electron chi connectivity index (χ3n) is 1.47. The van der Waals surface area contributed by atoms with E-state index in [0.29, 0.717) is 5.56 Å². The van der Waals surface area contributed by atoms with E-state index in [0.717, 1.165) is 5.37 Å². The number of carbonyl (C=O) groups excluding carboxylic acids is 1. The molecule has 0 heterocycles. The number of benzene rings is 1. The van der Waals surface area contributed by atoms with Crippen LogP contribution in [-0.2, 0) is 16.1 Å². The summed E-state index contributed by atoms with van der Waals surface area (Å²) >= 11 is 0.112. The molecule has 2 nitrogen and oxygen atoms in total. The summed E-state index contributed by atoms with van der Waals surface area (Å²) in [6.45, 7) is 0. The molecule has 0 spiro atoms. The quantitative estimate of drug-likeness (QED) is 0.558. The number of carbonyl (C=O) groups is 1. The van der Waals surface area contributed by atoms with Crippen LogP contribution in [0.1, 0.15) is 5.56 Å². The highest BCUT2D eigenvalue weighted by Crippen LogP contribution is 2.04. The molecule has 72 valence electrons. The molecule has 1 rings (SSSR count). The van der Waals surface area contributed by atoms with Gasteiger partial charge in [0.05, 0.1) is 16.6 Å². The third kappa shape index (κ3) is 3.45. The minimum absolute atomic E-state index is 0.112. The zero-order valence-electron chi connectivity index (χ0n) is 7.14. The van der Waals surface area contributed by atoms with E-state index in [1.807, 2.05) is 0 Å². The standard InChI is InChI=1S/C10H7FO2S/c11-9-4-1-8(2-5-9)3-6-10(12)7-14-13/h1-7H. The predicted octanol–water partition coefficient (Wildman–Crippen LogP) is 1.42. The maximum atomic E-state index is 12.5. The molecule has 0 fully saturated rings. The maximum Gasteiger partial charge on any atom is 0.191 e. The first-order valence-electron chi connectivity index (χ1n) is 3.82. The number of ketones is 1. The maximum absolute atomic E-state index is 12.5. The van der Waals surface area contributed by atoms with Crippen LogP contribution >= 0.6 is 0 Å². The molecule has 0 aliphatic rings. The van der Waals surface area contributed by atoms with Crippen LogP contribution in [0.5, 0.6) is 0 Å². The van der Waals surface area contributed by atoms with Crippen molar-refractivity contribution in [1.29, 1.82) is 0 Å². The van der Waals surface area contributed by atoms with Gasteiger partial charge in [-0.15, -0.1) is 0 Å². The minimum atomic E-state index is -0.366. The molecule has 0 N–H and O–H groups in total. The Kier molecular flexibility index (Phi) is 3.94. The summed E-state index contributed by atoms with van der Waals surface area (Å²) in [4.78, 5) is 10.8. The number of hydrogen-bond donors (Lipinski definition) is 0. The second-order valence-electron chi connectivity index (χ2n) is 2.50. The Morgan fingerprint density at radius 2 is 1.93 bits per heavy atom. The van der Waals surface area contributed by atoms with E-state index in [1.165, 1.54) is 24.3 Å². The van der Waals surface area contributed by atoms with Crippen LogP contribution in [0.4, 0.5) is 4.39 Å². The Labute approximate surface area is 84.1 Å². The average molecular weight is 210 g/mol. The van der Waals surface area contributed by atoms with Crippen molar-refractivity contribution in [1.82, 2.24) is 0 Å². The van der Waals surface area contributed by atoms with Crippen molar-refractivity contribution in [2.45, 2.75) is 0 Å². The molecule has 0 saturated carbocycles. The lowest BCUT2D eigenvalue weighted by Crippen LogP contribution is -1.91. The SMILES string of the molecule is O=S=CC(=O)C=Cc1ccc(F)cc1. The summed E-state index contributed by atoms with van der Waals surface area (Å²) in [5, 5.41) is 0.958. The molecule has 0 aromatic heterocycles. The summed E-state index contributed by atoms with van der Waals surface area (Å²) in [6.07, 6.45) is 2.78. The van der Waals surface area contributed by atoms with Crippen LogP contribution in [0, 0.1) is 5.82 Å². The molecule has 1 aromatic rings. The van der Waals surface area contributed by atoms with Crippen molar-refractivity contribution < 1.29 is 13.4 Å². The largest absolute Gasteiger partial charge is 0.289 e. The van der Waals surface area contributed by atoms with E-state index in [-0.39, 0.29) is 22.9 Å². The van der Waals surface area contributed by atoms with Crippen molar-refractivity contribution in [2.24, 2.45) is 0 Å². The fraction of sp³-hybridized carbons (Fsp3) is 0. The molecule has 0 bridgehead atoms. The smallest absolute Gasteiger partial charge is 0.191 e. The monoisotopic (exact) mass is 210 g/mol. The van der Waals surface area contributed by atoms with Crippen molar-refractivity contribution in [2.75, 3.05) is 0 Å². The molecule has 0 unspecified atom stereocenters. The highest BCUT2D eigenvalue weighted by molar-refractivity contribution is 7.66. The topological polar surface area (TPSA) is 34.1 Å². The van der Waals surface area contributed by atoms with E-state index < -0.39 is 0 Å². The Hall–Kier alpha value is -1.55. The van der Waals surface area contributed by atoms with Gasteiger partial charge in [0.25, 0.3) is 0 Å². The average Bonchev–Trinajstić information content (AvgIpc) is 2.17. The van der Waals surface area contributed by atoms with E-state index in [2.05, 4.69) is 0 Å². The van der Waals surface area contributed by atoms with E-state index >= 15 is 0 Å². The zero-order valence-corrected chi connectivity index (χ0v) is 7.96. The van der Waals surface area contributed by atoms with Gasteiger partial charge in [-0.1, -0.05) is 18.2 Å². The van der Waals surface area contributed by atoms with Gasteiger partial charge in [-0.3, -0.25) is 4.79 Å². The first-order chi connectivity index (χ1) is 6.72. The predicted molar refractivity (Wildman–Crippen MR) is 54.6 cm³/mol. The molecule has 0 saturated heterocycles. The molecule has 0 amide bonds. The lowest BCUT2D eigenvalue weighted by molar-refractivity contribution is -0.108. The van der Waals surface area contributed by atoms with Gasteiger partial charge in [-0.25, -0.2) is 8.60 Å². The molecule has 0 radical (unpaired) electrons. The number of allylic oxidation sites excluding steroid dienone is 1. The molecule has 1 aromatic carbocycles. The highest BCUT2D eigenvalue weighted by atomic mass is 32.1. The number of hydrogen-bond acceptors (Lipinski definition) is 2. The molecule has 0 atom stereocenters. The molecule has 4 heteroatoms. The van der Waals surface area contributed by atoms with Gasteiger partial charge < -0.3 is 0 Å². The molecule has 0 aliphatic heterocycles. The summed E-state index contributed by atoms with van der Waals surface area (Å²) in [5.41, 5.74) is 0.712. The Bertz CT molecular complexity index is 403. The molecule has 0 aliphatic carbocycles. The summed E-state index contributed by atoms with van der Waals surface area (Å²) in [5.74, 6) is -0.690. The Morgan fingerprint density at radius 1 is 1.29 bits per heavy atom. The second-order valence-corrected chi connectivity index (χ2v) is 2.93. The summed E-state index contributed by atoms with van der Waals surface area (Å²) in [7, 11) is 0. The number of rotatable bonds is 3. The normalized spacial score (nSPS) is 10.1. The van der Waals surface area contributed by atoms with E-state index in [4.69, 9.17) is 0 Å². The van der Waals surface area contributed by atoms with Crippen LogP contribution in [-0.4, -0.2) is 15.4 Å². The van der Waals surface area contributed by atoms with Gasteiger partial charge in [-0.05, 0) is 23.8 Å². The van der Waals surface area contributed by atoms with Crippen LogP contribution in [0.15, 0.2) is 30.3 Å². The van der Waals surface area contributed by atoms with E-state index in [1.54, 1.807) is 12.1 Å². The van der Waals surface area contributed by atoms with Crippen LogP contribution in [0.25, 0.3) is 6.08 Å². The number of halogens is 1. The molecular formula is C10H7FO2S. The lowest BCUT2D eigenvalue weighted by atomic mass is 10.2. The Morgan fingerprint density at radius 3 is 2.50 bits per heavy atom. The second kappa shape index (κ2) is 5.24. The first kappa shape index (κ1) is 10.5. The summed E-state index contributed by atoms with van der Waals surface area (Å²) < 4.78 is 22.4. The summed E-state index contributed by atoms with van der Waals surface area (Å²) in [6, 6.07) is 5.69. The highest BCUT2D eigenvalue weighted by Gasteiger charge is 1.91. The zero-order chi connectivity index (χ0) is 10.4. The fourth-order valence-electron chi connectivity index (χ4n) is 0.839. The van der Waals surface area contributed by atoms with Gasteiger partial charge in [0.1, 0.15) is 5.82 Å². The van der Waals surface area contributed by atoms with E-state index in [9.17, 15) is 13.4 Å². The van der Waals surface area contributed by atoms with Crippen molar-refractivity contribution >= 4 is 28.5 Å². The van der Waals surface area contributed by atoms with Gasteiger partial charge in [0.2, 0.25) is 0 Å². The third-order valence-corrected chi connectivity index (χ3v) is 1.80. The lowest BCUT2D eigenvalue weighted by Gasteiger charge is -1.90. The Balaban J connectivity index is 2.73. The van der Waals surface area contributed by atoms with Crippen molar-refractivity contribution in [3.8, 4) is 0 Å². The van der Waals surface area contributed by atoms with Crippen molar-refractivity contribution in [3.05, 3.63) is 41.7 Å². The van der Waals surface area contributed by atoms with Gasteiger partial charge in [0.15, 0.2) is 5.78 Å². The van der Waals surface area contributed by atoms with Crippen molar-refractivity contribution in [3.63, 3.8) is 0 Å². The van der Waals surface area contributed by atoms with Gasteiger partial charge in [0, 0.05) is 0 Å². The molecule has 14 heavy (non-hydrogen) atoms. The van der Waals surface area contributed by atoms with Gasteiger partial charge in [-0.2, -0.15) is 0 Å². The first-order valence-corrected chi connectivity index (χ1v) is 4.62. The van der Waals surface area contributed by atoms with Gasteiger partial charge >= 0.3 is 0 Å². The molecular weight excluding hydrogens is 203 g/mol. The van der Waals surface area contributed by atoms with Crippen LogP contribution in [0.3, 0.4) is 0 Å². The fourth-order valence-corrected chi connectivity index (χ4v) is 1.01. The van der Waals surface area contributed by atoms with Crippen LogP contribution in [0.2, 0.25) is 0 Å². The minimum Gasteiger partial charge on any atom is -0.289 e.